The maximum Gasteiger partial charge on any atom is 0.328 e. The van der Waals surface area contributed by atoms with Gasteiger partial charge in [-0.05, 0) is 30.2 Å². The number of rotatable bonds is 5. The van der Waals surface area contributed by atoms with Crippen LogP contribution in [0, 0.1) is 11.7 Å². The highest BCUT2D eigenvalue weighted by Crippen LogP contribution is 2.18. The molecule has 1 saturated heterocycles. The third-order valence-electron chi connectivity index (χ3n) is 4.38. The molecule has 2 rings (SSSR count). The van der Waals surface area contributed by atoms with Crippen LogP contribution in [0.4, 0.5) is 9.18 Å². The quantitative estimate of drug-likeness (QED) is 0.744. The van der Waals surface area contributed by atoms with Crippen LogP contribution in [0.5, 0.6) is 0 Å². The van der Waals surface area contributed by atoms with Crippen LogP contribution >= 0.6 is 0 Å². The third-order valence-corrected chi connectivity index (χ3v) is 6.29. The maximum absolute atomic E-state index is 13.0. The largest absolute Gasteiger partial charge is 0.467 e. The van der Waals surface area contributed by atoms with Gasteiger partial charge < -0.3 is 15.0 Å². The lowest BCUT2D eigenvalue weighted by molar-refractivity contribution is -0.144. The number of carbonyl (C=O) groups is 2. The van der Waals surface area contributed by atoms with Crippen LogP contribution < -0.4 is 5.32 Å². The van der Waals surface area contributed by atoms with E-state index in [0.29, 0.717) is 0 Å². The van der Waals surface area contributed by atoms with Crippen molar-refractivity contribution in [2.45, 2.75) is 24.8 Å². The molecule has 10 heteroatoms. The van der Waals surface area contributed by atoms with Crippen LogP contribution in [-0.2, 0) is 19.6 Å². The number of carbonyl (C=O) groups excluding carboxylic acids is 2. The fourth-order valence-corrected chi connectivity index (χ4v) is 4.16. The van der Waals surface area contributed by atoms with Crippen LogP contribution in [0.15, 0.2) is 29.2 Å². The molecule has 0 spiro atoms. The topological polar surface area (TPSA) is 96.0 Å². The summed E-state index contributed by atoms with van der Waals surface area (Å²) < 4.78 is 44.1. The van der Waals surface area contributed by atoms with Crippen molar-refractivity contribution in [3.05, 3.63) is 30.1 Å². The molecule has 1 fully saturated rings. The minimum Gasteiger partial charge on any atom is -0.467 e. The number of urea groups is 1. The Morgan fingerprint density at radius 1 is 1.11 bits per heavy atom. The summed E-state index contributed by atoms with van der Waals surface area (Å²) in [7, 11) is -2.49. The summed E-state index contributed by atoms with van der Waals surface area (Å²) in [5.74, 6) is -1.20. The molecule has 1 atom stereocenters. The minimum atomic E-state index is -3.75. The molecular formula is C17H24FN3O5S. The van der Waals surface area contributed by atoms with Crippen molar-refractivity contribution in [3.63, 3.8) is 0 Å². The Morgan fingerprint density at radius 2 is 1.67 bits per heavy atom. The number of hydrogen-bond donors (Lipinski definition) is 1. The number of sulfonamides is 1. The van der Waals surface area contributed by atoms with Crippen molar-refractivity contribution < 1.29 is 27.1 Å². The van der Waals surface area contributed by atoms with E-state index in [1.807, 2.05) is 0 Å². The Hall–Kier alpha value is -2.20. The lowest BCUT2D eigenvalue weighted by Crippen LogP contribution is -2.56. The molecule has 0 aliphatic carbocycles. The van der Waals surface area contributed by atoms with E-state index in [-0.39, 0.29) is 37.0 Å². The molecule has 2 amide bonds. The van der Waals surface area contributed by atoms with Crippen LogP contribution in [0.25, 0.3) is 0 Å². The zero-order valence-electron chi connectivity index (χ0n) is 15.5. The number of hydrogen-bond acceptors (Lipinski definition) is 5. The summed E-state index contributed by atoms with van der Waals surface area (Å²) in [6.07, 6.45) is 0. The number of nitrogens with zero attached hydrogens (tertiary/aromatic N) is 2. The van der Waals surface area contributed by atoms with Crippen molar-refractivity contribution >= 4 is 22.0 Å². The number of amides is 2. The molecule has 0 aromatic heterocycles. The molecule has 1 aliphatic rings. The summed E-state index contributed by atoms with van der Waals surface area (Å²) in [4.78, 5) is 25.6. The van der Waals surface area contributed by atoms with E-state index in [1.54, 1.807) is 13.8 Å². The smallest absolute Gasteiger partial charge is 0.328 e. The van der Waals surface area contributed by atoms with Gasteiger partial charge in [-0.1, -0.05) is 13.8 Å². The van der Waals surface area contributed by atoms with E-state index in [4.69, 9.17) is 4.74 Å². The van der Waals surface area contributed by atoms with Gasteiger partial charge in [0.05, 0.1) is 12.0 Å². The fourth-order valence-electron chi connectivity index (χ4n) is 2.74. The SMILES string of the molecule is COC(=O)[C@@H](NC(=O)N1CCN(S(=O)(=O)c2ccc(F)cc2)CC1)C(C)C. The Morgan fingerprint density at radius 3 is 2.15 bits per heavy atom. The number of benzene rings is 1. The zero-order valence-corrected chi connectivity index (χ0v) is 16.3. The highest BCUT2D eigenvalue weighted by molar-refractivity contribution is 7.89. The Labute approximate surface area is 158 Å². The molecule has 0 unspecified atom stereocenters. The highest BCUT2D eigenvalue weighted by atomic mass is 32.2. The Balaban J connectivity index is 1.99. The van der Waals surface area contributed by atoms with Crippen molar-refractivity contribution in [1.82, 2.24) is 14.5 Å². The molecule has 1 heterocycles. The van der Waals surface area contributed by atoms with Gasteiger partial charge >= 0.3 is 12.0 Å². The number of piperazine rings is 1. The summed E-state index contributed by atoms with van der Waals surface area (Å²) >= 11 is 0. The van der Waals surface area contributed by atoms with Crippen LogP contribution in [0.2, 0.25) is 0 Å². The number of esters is 1. The Kier molecular flexibility index (Phi) is 6.77. The molecule has 0 bridgehead atoms. The van der Waals surface area contributed by atoms with E-state index in [0.717, 1.165) is 12.1 Å². The van der Waals surface area contributed by atoms with Gasteiger partial charge in [0.1, 0.15) is 11.9 Å². The third kappa shape index (κ3) is 4.95. The first-order chi connectivity index (χ1) is 12.7. The first-order valence-corrected chi connectivity index (χ1v) is 9.99. The van der Waals surface area contributed by atoms with Crippen molar-refractivity contribution in [2.24, 2.45) is 5.92 Å². The van der Waals surface area contributed by atoms with Gasteiger partial charge in [0.15, 0.2) is 0 Å². The normalized spacial score (nSPS) is 16.9. The van der Waals surface area contributed by atoms with Crippen LogP contribution in [0.1, 0.15) is 13.8 Å². The molecule has 1 N–H and O–H groups in total. The van der Waals surface area contributed by atoms with Gasteiger partial charge in [0, 0.05) is 26.2 Å². The van der Waals surface area contributed by atoms with Crippen molar-refractivity contribution in [3.8, 4) is 0 Å². The molecule has 150 valence electrons. The summed E-state index contributed by atoms with van der Waals surface area (Å²) in [6.45, 7) is 4.15. The van der Waals surface area contributed by atoms with Crippen molar-refractivity contribution in [1.29, 1.82) is 0 Å². The second-order valence-corrected chi connectivity index (χ2v) is 8.48. The predicted octanol–water partition coefficient (Wildman–Crippen LogP) is 1.04. The summed E-state index contributed by atoms with van der Waals surface area (Å²) in [5, 5.41) is 2.63. The van der Waals surface area contributed by atoms with Gasteiger partial charge in [0.2, 0.25) is 10.0 Å². The molecule has 1 aromatic carbocycles. The van der Waals surface area contributed by atoms with Crippen molar-refractivity contribution in [2.75, 3.05) is 33.3 Å². The highest BCUT2D eigenvalue weighted by Gasteiger charge is 2.32. The fraction of sp³-hybridized carbons (Fsp3) is 0.529. The summed E-state index contributed by atoms with van der Waals surface area (Å²) in [5.41, 5.74) is 0. The van der Waals surface area contributed by atoms with E-state index in [9.17, 15) is 22.4 Å². The van der Waals surface area contributed by atoms with Crippen LogP contribution in [-0.4, -0.2) is 69.0 Å². The second-order valence-electron chi connectivity index (χ2n) is 6.54. The molecule has 0 saturated carbocycles. The van der Waals surface area contributed by atoms with E-state index in [2.05, 4.69) is 5.32 Å². The van der Waals surface area contributed by atoms with Crippen LogP contribution in [0.3, 0.4) is 0 Å². The average molecular weight is 401 g/mol. The molecule has 1 aliphatic heterocycles. The Bertz CT molecular complexity index is 774. The van der Waals surface area contributed by atoms with Gasteiger partial charge in [-0.25, -0.2) is 22.4 Å². The van der Waals surface area contributed by atoms with E-state index >= 15 is 0 Å². The number of halogens is 1. The predicted molar refractivity (Wildman–Crippen MR) is 95.9 cm³/mol. The second kappa shape index (κ2) is 8.66. The standard InChI is InChI=1S/C17H24FN3O5S/c1-12(2)15(16(22)26-3)19-17(23)20-8-10-21(11-9-20)27(24,25)14-6-4-13(18)5-7-14/h4-7,12,15H,8-11H2,1-3H3,(H,19,23)/t15-/m0/s1. The lowest BCUT2D eigenvalue weighted by Gasteiger charge is -2.35. The van der Waals surface area contributed by atoms with Gasteiger partial charge in [-0.3, -0.25) is 0 Å². The molecule has 0 radical (unpaired) electrons. The number of nitrogens with one attached hydrogen (secondary N) is 1. The van der Waals surface area contributed by atoms with Gasteiger partial charge in [-0.2, -0.15) is 4.31 Å². The minimum absolute atomic E-state index is 0.00682. The average Bonchev–Trinajstić information content (AvgIpc) is 2.65. The first-order valence-electron chi connectivity index (χ1n) is 8.55. The monoisotopic (exact) mass is 401 g/mol. The molecule has 27 heavy (non-hydrogen) atoms. The van der Waals surface area contributed by atoms with E-state index in [1.165, 1.54) is 28.4 Å². The van der Waals surface area contributed by atoms with Gasteiger partial charge in [0.25, 0.3) is 0 Å². The van der Waals surface area contributed by atoms with E-state index < -0.39 is 33.9 Å². The molecule has 1 aromatic rings. The van der Waals surface area contributed by atoms with Gasteiger partial charge in [-0.15, -0.1) is 0 Å². The number of ether oxygens (including phenoxy) is 1. The summed E-state index contributed by atoms with van der Waals surface area (Å²) in [6, 6.07) is 3.40. The zero-order chi connectivity index (χ0) is 20.2. The maximum atomic E-state index is 13.0. The molecular weight excluding hydrogens is 377 g/mol. The lowest BCUT2D eigenvalue weighted by atomic mass is 10.1. The first kappa shape index (κ1) is 21.1. The molecule has 8 nitrogen and oxygen atoms in total. The number of methoxy groups -OCH3 is 1.